The first-order valence-corrected chi connectivity index (χ1v) is 4.21. The van der Waals surface area contributed by atoms with Crippen LogP contribution < -0.4 is 0 Å². The summed E-state index contributed by atoms with van der Waals surface area (Å²) in [6, 6.07) is 1.21. The molecule has 0 amide bonds. The predicted molar refractivity (Wildman–Crippen MR) is 50.6 cm³/mol. The smallest absolute Gasteiger partial charge is 0.478 e. The zero-order valence-electron chi connectivity index (χ0n) is 8.09. The molecular weight excluding hydrogens is 232 g/mol. The fourth-order valence-corrected chi connectivity index (χ4v) is 1.10. The van der Waals surface area contributed by atoms with Gasteiger partial charge in [-0.25, -0.2) is 4.79 Å². The highest BCUT2D eigenvalue weighted by atomic mass is 16.6. The van der Waals surface area contributed by atoms with Crippen molar-refractivity contribution in [2.24, 2.45) is 0 Å². The summed E-state index contributed by atoms with van der Waals surface area (Å²) in [6.07, 6.45) is 2.19. The Labute approximate surface area is 92.7 Å². The number of carboxylic acids is 1. The molecule has 86 valence electrons. The number of hydrogen-bond acceptors (Lipinski definition) is 7. The number of carboxylic acid groups (broad SMARTS) is 1. The number of nitro groups is 1. The van der Waals surface area contributed by atoms with E-state index in [9.17, 15) is 14.9 Å². The highest BCUT2D eigenvalue weighted by molar-refractivity contribution is 5.90. The van der Waals surface area contributed by atoms with E-state index >= 15 is 0 Å². The third-order valence-electron chi connectivity index (χ3n) is 1.79. The first kappa shape index (κ1) is 10.6. The van der Waals surface area contributed by atoms with Crippen LogP contribution in [0.4, 0.5) is 5.95 Å². The summed E-state index contributed by atoms with van der Waals surface area (Å²) in [4.78, 5) is 23.8. The largest absolute Gasteiger partial charge is 0.491 e. The summed E-state index contributed by atoms with van der Waals surface area (Å²) in [7, 11) is 0. The Kier molecular flexibility index (Phi) is 2.45. The standard InChI is InChI=1S/C7H4N6O4/c14-6(15)4-1-2-9-10-5(4)12-3-8-7(11-12)13(16)17/h1-3H,(H,14,15). The lowest BCUT2D eigenvalue weighted by Gasteiger charge is -1.98. The molecular formula is C7H4N6O4. The maximum atomic E-state index is 10.9. The van der Waals surface area contributed by atoms with Gasteiger partial charge >= 0.3 is 11.9 Å². The minimum Gasteiger partial charge on any atom is -0.478 e. The highest BCUT2D eigenvalue weighted by Crippen LogP contribution is 2.10. The summed E-state index contributed by atoms with van der Waals surface area (Å²) < 4.78 is 0.884. The first-order valence-electron chi connectivity index (χ1n) is 4.21. The number of carbonyl (C=O) groups is 1. The number of nitrogens with zero attached hydrogens (tertiary/aromatic N) is 6. The molecule has 2 rings (SSSR count). The van der Waals surface area contributed by atoms with Crippen LogP contribution in [-0.2, 0) is 0 Å². The van der Waals surface area contributed by atoms with Gasteiger partial charge in [-0.2, -0.15) is 5.10 Å². The topological polar surface area (TPSA) is 137 Å². The van der Waals surface area contributed by atoms with E-state index in [2.05, 4.69) is 20.3 Å². The fraction of sp³-hybridized carbons (Fsp3) is 0. The van der Waals surface area contributed by atoms with Crippen LogP contribution in [0, 0.1) is 10.1 Å². The molecule has 17 heavy (non-hydrogen) atoms. The van der Waals surface area contributed by atoms with Gasteiger partial charge < -0.3 is 15.2 Å². The summed E-state index contributed by atoms with van der Waals surface area (Å²) in [5.41, 5.74) is -0.181. The lowest BCUT2D eigenvalue weighted by molar-refractivity contribution is -0.394. The Bertz CT molecular complexity index is 594. The van der Waals surface area contributed by atoms with Crippen molar-refractivity contribution in [3.05, 3.63) is 34.3 Å². The lowest BCUT2D eigenvalue weighted by atomic mass is 10.3. The molecule has 0 aliphatic carbocycles. The molecule has 1 N–H and O–H groups in total. The molecule has 2 aromatic rings. The van der Waals surface area contributed by atoms with E-state index in [0.717, 1.165) is 11.0 Å². The molecule has 10 nitrogen and oxygen atoms in total. The predicted octanol–water partition coefficient (Wildman–Crippen LogP) is -0.336. The van der Waals surface area contributed by atoms with Crippen molar-refractivity contribution in [1.82, 2.24) is 25.0 Å². The Morgan fingerprint density at radius 3 is 2.88 bits per heavy atom. The van der Waals surface area contributed by atoms with Crippen LogP contribution in [0.1, 0.15) is 10.4 Å². The quantitative estimate of drug-likeness (QED) is 0.564. The van der Waals surface area contributed by atoms with Crippen molar-refractivity contribution in [2.75, 3.05) is 0 Å². The molecule has 0 aromatic carbocycles. The second-order valence-corrected chi connectivity index (χ2v) is 2.82. The minimum atomic E-state index is -1.24. The Morgan fingerprint density at radius 2 is 2.29 bits per heavy atom. The zero-order chi connectivity index (χ0) is 12.4. The molecule has 0 aliphatic heterocycles. The van der Waals surface area contributed by atoms with Crippen LogP contribution >= 0.6 is 0 Å². The maximum absolute atomic E-state index is 10.9. The van der Waals surface area contributed by atoms with Gasteiger partial charge in [0.15, 0.2) is 0 Å². The van der Waals surface area contributed by atoms with E-state index < -0.39 is 16.8 Å². The van der Waals surface area contributed by atoms with Crippen molar-refractivity contribution < 1.29 is 14.8 Å². The highest BCUT2D eigenvalue weighted by Gasteiger charge is 2.20. The Hall–Kier alpha value is -2.91. The third kappa shape index (κ3) is 1.90. The average Bonchev–Trinajstić information content (AvgIpc) is 2.78. The van der Waals surface area contributed by atoms with Gasteiger partial charge in [-0.1, -0.05) is 4.98 Å². The van der Waals surface area contributed by atoms with Gasteiger partial charge in [0.05, 0.1) is 6.20 Å². The minimum absolute atomic E-state index is 0.138. The molecule has 0 bridgehead atoms. The van der Waals surface area contributed by atoms with Crippen molar-refractivity contribution in [3.8, 4) is 5.82 Å². The van der Waals surface area contributed by atoms with Gasteiger partial charge in [0.25, 0.3) is 0 Å². The number of hydrogen-bond donors (Lipinski definition) is 1. The van der Waals surface area contributed by atoms with Crippen LogP contribution in [0.25, 0.3) is 5.82 Å². The Balaban J connectivity index is 2.52. The molecule has 0 saturated carbocycles. The molecule has 0 atom stereocenters. The van der Waals surface area contributed by atoms with Gasteiger partial charge in [-0.3, -0.25) is 0 Å². The molecule has 10 heteroatoms. The van der Waals surface area contributed by atoms with Crippen molar-refractivity contribution in [3.63, 3.8) is 0 Å². The van der Waals surface area contributed by atoms with E-state index in [1.807, 2.05) is 0 Å². The fourth-order valence-electron chi connectivity index (χ4n) is 1.10. The third-order valence-corrected chi connectivity index (χ3v) is 1.79. The Morgan fingerprint density at radius 1 is 1.53 bits per heavy atom. The molecule has 0 aliphatic rings. The van der Waals surface area contributed by atoms with Crippen molar-refractivity contribution in [2.45, 2.75) is 0 Å². The van der Waals surface area contributed by atoms with E-state index in [0.29, 0.717) is 0 Å². The normalized spacial score (nSPS) is 10.1. The summed E-state index contributed by atoms with van der Waals surface area (Å²) in [6.45, 7) is 0. The van der Waals surface area contributed by atoms with Crippen LogP contribution in [0.2, 0.25) is 0 Å². The van der Waals surface area contributed by atoms with Gasteiger partial charge in [0.1, 0.15) is 5.56 Å². The molecule has 0 unspecified atom stereocenters. The number of aromatic nitrogens is 5. The van der Waals surface area contributed by atoms with Crippen molar-refractivity contribution in [1.29, 1.82) is 0 Å². The van der Waals surface area contributed by atoms with Crippen LogP contribution in [0.3, 0.4) is 0 Å². The van der Waals surface area contributed by atoms with E-state index in [1.165, 1.54) is 12.3 Å². The number of aromatic carboxylic acids is 1. The molecule has 2 aromatic heterocycles. The summed E-state index contributed by atoms with van der Waals surface area (Å²) in [5.74, 6) is -2.03. The molecule has 2 heterocycles. The second-order valence-electron chi connectivity index (χ2n) is 2.82. The molecule has 0 radical (unpaired) electrons. The summed E-state index contributed by atoms with van der Waals surface area (Å²) in [5, 5.41) is 29.8. The molecule has 0 fully saturated rings. The van der Waals surface area contributed by atoms with Crippen LogP contribution in [-0.4, -0.2) is 41.0 Å². The van der Waals surface area contributed by atoms with Crippen LogP contribution in [0.15, 0.2) is 18.6 Å². The van der Waals surface area contributed by atoms with Gasteiger partial charge in [-0.05, 0) is 11.0 Å². The van der Waals surface area contributed by atoms with Gasteiger partial charge in [-0.15, -0.1) is 9.78 Å². The van der Waals surface area contributed by atoms with E-state index in [1.54, 1.807) is 0 Å². The first-order chi connectivity index (χ1) is 8.09. The van der Waals surface area contributed by atoms with Crippen molar-refractivity contribution >= 4 is 11.9 Å². The average molecular weight is 236 g/mol. The molecule has 0 saturated heterocycles. The van der Waals surface area contributed by atoms with E-state index in [4.69, 9.17) is 5.11 Å². The van der Waals surface area contributed by atoms with E-state index in [-0.39, 0.29) is 11.4 Å². The zero-order valence-corrected chi connectivity index (χ0v) is 8.09. The lowest BCUT2D eigenvalue weighted by Crippen LogP contribution is -2.09. The SMILES string of the molecule is O=C(O)c1ccnnc1-n1cnc([N+](=O)[O-])n1. The number of rotatable bonds is 3. The van der Waals surface area contributed by atoms with Gasteiger partial charge in [0.2, 0.25) is 12.1 Å². The monoisotopic (exact) mass is 236 g/mol. The summed E-state index contributed by atoms with van der Waals surface area (Å²) >= 11 is 0. The second kappa shape index (κ2) is 3.92. The van der Waals surface area contributed by atoms with Gasteiger partial charge in [0, 0.05) is 5.10 Å². The van der Waals surface area contributed by atoms with Crippen LogP contribution in [0.5, 0.6) is 0 Å². The molecule has 0 spiro atoms. The maximum Gasteiger partial charge on any atom is 0.491 e.